The molecule has 0 unspecified atom stereocenters. The van der Waals surface area contributed by atoms with Crippen LogP contribution in [0, 0.1) is 0 Å². The van der Waals surface area contributed by atoms with E-state index in [0.29, 0.717) is 0 Å². The first kappa shape index (κ1) is 489. The molecule has 0 aliphatic carbocycles. The Hall–Kier alpha value is 19.2. The zero-order valence-electron chi connectivity index (χ0n) is 15.3. The predicted molar refractivity (Wildman–Crippen MR) is 193 cm³/mol. The van der Waals surface area contributed by atoms with Crippen LogP contribution in [-0.4, -0.2) is 0 Å². The van der Waals surface area contributed by atoms with Crippen LogP contribution >= 0.6 is 0 Å². The Balaban J connectivity index is 0. The molecule has 0 bridgehead atoms. The third kappa shape index (κ3) is 439. The van der Waals surface area contributed by atoms with Crippen molar-refractivity contribution in [3.63, 3.8) is 0 Å². The fourth-order valence-corrected chi connectivity index (χ4v) is 0. The number of rotatable bonds is 0. The van der Waals surface area contributed by atoms with Crippen LogP contribution in [0.1, 0.15) is 0 Å². The average Bonchev–Trinajstić information content (AvgIpc) is 0. The van der Waals surface area contributed by atoms with Crippen molar-refractivity contribution in [2.45, 2.75) is 0 Å². The van der Waals surface area contributed by atoms with Crippen LogP contribution in [-0.2, 0) is 647 Å². The summed E-state index contributed by atoms with van der Waals surface area (Å²) >= 11 is 0. The van der Waals surface area contributed by atoms with Crippen LogP contribution in [0.25, 0.3) is 0 Å². The molecular formula is H22Ag10S22W6-14. The van der Waals surface area contributed by atoms with Gasteiger partial charge in [-0.15, -0.1) is 0 Å². The molecule has 10 radical (unpaired) electrons. The Morgan fingerprint density at radius 3 is 0.105 bits per heavy atom. The zero-order valence-corrected chi connectivity index (χ0v) is 67.4. The van der Waals surface area contributed by atoms with Crippen molar-refractivity contribution in [1.82, 2.24) is 0 Å². The third-order valence-corrected chi connectivity index (χ3v) is 0. The van der Waals surface area contributed by atoms with Crippen molar-refractivity contribution < 1.29 is 350 Å². The van der Waals surface area contributed by atoms with Gasteiger partial charge in [-0.05, 0) is 0 Å². The fourth-order valence-electron chi connectivity index (χ4n) is 0. The molecule has 0 spiro atoms. The first-order valence-electron chi connectivity index (χ1n) is 0. The first-order chi connectivity index (χ1) is 0. The Kier molecular flexibility index (Phi) is 5970. The molecule has 0 saturated carbocycles. The molecule has 0 aromatic carbocycles. The van der Waals surface area contributed by atoms with Crippen molar-refractivity contribution in [2.75, 3.05) is 0 Å². The Morgan fingerprint density at radius 2 is 0.105 bits per heavy atom. The first-order valence-corrected chi connectivity index (χ1v) is 0. The monoisotopic (exact) mass is 2900 g/mol. The van der Waals surface area contributed by atoms with Gasteiger partial charge < -0.3 is 297 Å². The quantitative estimate of drug-likeness (QED) is 0.129. The molecular weight excluding hydrogens is 2890 g/mol. The minimum Gasteiger partial charge on any atom is -0.813 e. The van der Waals surface area contributed by atoms with Gasteiger partial charge in [0.05, 0.1) is 0 Å². The van der Waals surface area contributed by atoms with Crippen LogP contribution in [0.5, 0.6) is 0 Å². The molecule has 0 saturated heterocycles. The van der Waals surface area contributed by atoms with Gasteiger partial charge in [-0.1, -0.05) is 0 Å². The number of thiol groups is 22. The summed E-state index contributed by atoms with van der Waals surface area (Å²) in [6.45, 7) is 0. The van der Waals surface area contributed by atoms with Gasteiger partial charge in [0.25, 0.3) is 0 Å². The molecule has 0 atom stereocenters. The normalized spacial score (nSPS) is 0. The second-order valence-corrected chi connectivity index (χ2v) is 0. The van der Waals surface area contributed by atoms with Crippen LogP contribution < -0.4 is 0 Å². The maximum absolute atomic E-state index is 0. The van der Waals surface area contributed by atoms with Gasteiger partial charge >= 0.3 is 84.3 Å². The van der Waals surface area contributed by atoms with Crippen molar-refractivity contribution in [3.8, 4) is 0 Å². The molecule has 0 N–H and O–H groups in total. The molecule has 0 aliphatic rings. The minimum absolute atomic E-state index is 0. The molecule has 38 heteroatoms. The second-order valence-electron chi connectivity index (χ2n) is 0. The summed E-state index contributed by atoms with van der Waals surface area (Å²) in [6.07, 6.45) is 0. The van der Waals surface area contributed by atoms with Crippen molar-refractivity contribution in [2.24, 2.45) is 0 Å². The van der Waals surface area contributed by atoms with E-state index >= 15 is 0 Å². The Bertz CT molecular complexity index is 52.6. The fraction of sp³-hybridized carbons (Fsp3) is 0. The van der Waals surface area contributed by atoms with E-state index in [-0.39, 0.29) is 647 Å². The van der Waals surface area contributed by atoms with Gasteiger partial charge in [-0.3, -0.25) is 0 Å². The summed E-state index contributed by atoms with van der Waals surface area (Å²) in [5.74, 6) is 0. The summed E-state index contributed by atoms with van der Waals surface area (Å²) in [5.41, 5.74) is 0. The van der Waals surface area contributed by atoms with E-state index in [1.165, 1.54) is 0 Å². The third-order valence-electron chi connectivity index (χ3n) is 0. The van der Waals surface area contributed by atoms with Crippen molar-refractivity contribution >= 4 is 297 Å². The van der Waals surface area contributed by atoms with E-state index in [2.05, 4.69) is 0 Å². The summed E-state index contributed by atoms with van der Waals surface area (Å²) < 4.78 is 0. The van der Waals surface area contributed by atoms with Crippen LogP contribution in [0.3, 0.4) is 0 Å². The summed E-state index contributed by atoms with van der Waals surface area (Å²) in [5, 5.41) is 0. The summed E-state index contributed by atoms with van der Waals surface area (Å²) in [4.78, 5) is 0. The standard InChI is InChI=1S/10Ag.22H2S.6W/h;;;;;;;;;;22*1H2;;;;;;/q;;;;;;;;;;;;;;;;;;;;;;;;;;;;;;;;;;4*+2/p-22. The van der Waals surface area contributed by atoms with Crippen LogP contribution in [0.2, 0.25) is 0 Å². The second kappa shape index (κ2) is 464. The van der Waals surface area contributed by atoms with E-state index in [9.17, 15) is 0 Å². The molecule has 0 nitrogen and oxygen atoms in total. The maximum atomic E-state index is 0. The SMILES string of the molecule is [Ag].[Ag].[Ag].[Ag].[Ag].[Ag].[Ag].[Ag].[Ag].[Ag].[SH-].[SH-].[SH-].[SH-].[SH-].[SH-].[SH-].[SH-].[SH-].[SH-].[SH-].[SH-].[SH-].[SH-].[SH-].[SH-].[SH-].[SH-].[SH-].[SH-].[SH-].[SH-].[W+2].[W+2].[W+2].[W+2].[W].[W]. The van der Waals surface area contributed by atoms with Gasteiger partial charge in [-0.2, -0.15) is 0 Å². The molecule has 0 fully saturated rings. The molecule has 0 aromatic rings. The van der Waals surface area contributed by atoms with Gasteiger partial charge in [-0.25, -0.2) is 0 Å². The number of hydrogen-bond donors (Lipinski definition) is 0. The maximum Gasteiger partial charge on any atom is 2.00 e. The minimum atomic E-state index is 0. The zero-order chi connectivity index (χ0) is 0. The summed E-state index contributed by atoms with van der Waals surface area (Å²) in [7, 11) is 0. The Morgan fingerprint density at radius 1 is 0.105 bits per heavy atom. The topological polar surface area (TPSA) is 0 Å². The summed E-state index contributed by atoms with van der Waals surface area (Å²) in [6, 6.07) is 0. The van der Waals surface area contributed by atoms with Gasteiger partial charge in [0.2, 0.25) is 0 Å². The molecule has 0 heterocycles. The smallest absolute Gasteiger partial charge is 0.813 e. The van der Waals surface area contributed by atoms with E-state index in [0.717, 1.165) is 0 Å². The molecule has 0 aromatic heterocycles. The molecule has 0 aliphatic heterocycles. The predicted octanol–water partition coefficient (Wildman–Crippen LogP) is -5.98. The molecule has 0 rings (SSSR count). The van der Waals surface area contributed by atoms with Crippen molar-refractivity contribution in [3.05, 3.63) is 0 Å². The van der Waals surface area contributed by atoms with Gasteiger partial charge in [0.15, 0.2) is 0 Å². The van der Waals surface area contributed by atoms with Gasteiger partial charge in [0.1, 0.15) is 0 Å². The van der Waals surface area contributed by atoms with E-state index in [1.807, 2.05) is 0 Å². The molecule has 38 heavy (non-hydrogen) atoms. The van der Waals surface area contributed by atoms with E-state index < -0.39 is 0 Å². The van der Waals surface area contributed by atoms with E-state index in [4.69, 9.17) is 0 Å². The van der Waals surface area contributed by atoms with E-state index in [1.54, 1.807) is 0 Å². The average molecular weight is 2910 g/mol. The number of hydrogen-bond acceptors (Lipinski definition) is 22. The molecule has 314 valence electrons. The van der Waals surface area contributed by atoms with Crippen LogP contribution in [0.15, 0.2) is 0 Å². The van der Waals surface area contributed by atoms with Gasteiger partial charge in [0, 0.05) is 266 Å². The van der Waals surface area contributed by atoms with Crippen molar-refractivity contribution in [1.29, 1.82) is 0 Å². The van der Waals surface area contributed by atoms with Crippen LogP contribution in [0.4, 0.5) is 0 Å². The largest absolute Gasteiger partial charge is 2.00 e. The Labute approximate surface area is 630 Å². The molecule has 0 amide bonds.